The van der Waals surface area contributed by atoms with Gasteiger partial charge in [0.25, 0.3) is 5.91 Å². The summed E-state index contributed by atoms with van der Waals surface area (Å²) in [6, 6.07) is 13.9. The van der Waals surface area contributed by atoms with Crippen LogP contribution in [0.25, 0.3) is 11.0 Å². The first kappa shape index (κ1) is 20.9. The third-order valence-electron chi connectivity index (χ3n) is 6.12. The molecule has 0 spiro atoms. The van der Waals surface area contributed by atoms with Crippen LogP contribution in [0.2, 0.25) is 0 Å². The van der Waals surface area contributed by atoms with Gasteiger partial charge in [-0.1, -0.05) is 12.8 Å². The highest BCUT2D eigenvalue weighted by atomic mass is 19.1. The average molecular weight is 445 g/mol. The molecule has 33 heavy (non-hydrogen) atoms. The summed E-state index contributed by atoms with van der Waals surface area (Å²) >= 11 is 0. The van der Waals surface area contributed by atoms with E-state index in [2.05, 4.69) is 10.3 Å². The van der Waals surface area contributed by atoms with Gasteiger partial charge in [-0.15, -0.1) is 0 Å². The Kier molecular flexibility index (Phi) is 5.42. The fraction of sp³-hybridized carbons (Fsp3) is 0.240. The number of aromatic nitrogens is 3. The van der Waals surface area contributed by atoms with Crippen LogP contribution in [0, 0.1) is 5.82 Å². The van der Waals surface area contributed by atoms with E-state index < -0.39 is 5.91 Å². The predicted octanol–water partition coefficient (Wildman–Crippen LogP) is 5.40. The van der Waals surface area contributed by atoms with Crippen LogP contribution in [0.1, 0.15) is 47.7 Å². The SMILES string of the molecule is Cn1c(Nc2ccc(F)c(C3CCCC3)c2)nc2cc(Oc3ccnc(C(N)=O)c3)ccc21. The lowest BCUT2D eigenvalue weighted by atomic mass is 9.96. The van der Waals surface area contributed by atoms with Crippen LogP contribution < -0.4 is 15.8 Å². The Hall–Kier alpha value is -3.94. The number of primary amides is 1. The van der Waals surface area contributed by atoms with E-state index in [-0.39, 0.29) is 17.4 Å². The first-order valence-electron chi connectivity index (χ1n) is 10.9. The van der Waals surface area contributed by atoms with E-state index in [0.717, 1.165) is 48.0 Å². The number of imidazole rings is 1. The summed E-state index contributed by atoms with van der Waals surface area (Å²) in [6.07, 6.45) is 5.85. The third-order valence-corrected chi connectivity index (χ3v) is 6.12. The molecule has 2 aromatic heterocycles. The van der Waals surface area contributed by atoms with Gasteiger partial charge in [0.15, 0.2) is 0 Å². The Bertz CT molecular complexity index is 1340. The van der Waals surface area contributed by atoms with E-state index in [0.29, 0.717) is 17.4 Å². The molecule has 1 saturated carbocycles. The molecule has 0 unspecified atom stereocenters. The standard InChI is InChI=1S/C25H24FN5O2/c1-31-23-9-7-17(33-18-10-11-28-22(14-18)24(27)32)13-21(23)30-25(31)29-16-6-8-20(26)19(12-16)15-4-2-3-5-15/h6-15H,2-5H2,1H3,(H2,27,32)(H,29,30). The van der Waals surface area contributed by atoms with Gasteiger partial charge >= 0.3 is 0 Å². The molecule has 0 aliphatic heterocycles. The zero-order valence-electron chi connectivity index (χ0n) is 18.2. The number of amides is 1. The molecular formula is C25H24FN5O2. The normalized spacial score (nSPS) is 14.0. The molecule has 0 atom stereocenters. The first-order valence-corrected chi connectivity index (χ1v) is 10.9. The molecule has 2 heterocycles. The number of nitrogens with two attached hydrogens (primary N) is 1. The summed E-state index contributed by atoms with van der Waals surface area (Å²) in [4.78, 5) is 20.0. The van der Waals surface area contributed by atoms with Crippen LogP contribution in [-0.2, 0) is 7.05 Å². The molecule has 0 radical (unpaired) electrons. The lowest BCUT2D eigenvalue weighted by Crippen LogP contribution is -2.12. The number of anilines is 2. The second kappa shape index (κ2) is 8.54. The fourth-order valence-corrected chi connectivity index (χ4v) is 4.40. The van der Waals surface area contributed by atoms with E-state index >= 15 is 0 Å². The average Bonchev–Trinajstić information content (AvgIpc) is 3.44. The number of carbonyl (C=O) groups is 1. The van der Waals surface area contributed by atoms with Crippen LogP contribution in [0.3, 0.4) is 0 Å². The van der Waals surface area contributed by atoms with Crippen molar-refractivity contribution in [3.63, 3.8) is 0 Å². The van der Waals surface area contributed by atoms with E-state index in [9.17, 15) is 9.18 Å². The molecule has 7 nitrogen and oxygen atoms in total. The van der Waals surface area contributed by atoms with Crippen LogP contribution >= 0.6 is 0 Å². The molecule has 1 fully saturated rings. The first-order chi connectivity index (χ1) is 16.0. The van der Waals surface area contributed by atoms with Gasteiger partial charge in [-0.05, 0) is 60.7 Å². The lowest BCUT2D eigenvalue weighted by molar-refractivity contribution is 0.0995. The van der Waals surface area contributed by atoms with E-state index in [4.69, 9.17) is 15.5 Å². The number of hydrogen-bond acceptors (Lipinski definition) is 5. The summed E-state index contributed by atoms with van der Waals surface area (Å²) in [7, 11) is 1.92. The maximum absolute atomic E-state index is 14.4. The highest BCUT2D eigenvalue weighted by molar-refractivity contribution is 5.91. The van der Waals surface area contributed by atoms with Gasteiger partial charge in [0.2, 0.25) is 5.95 Å². The minimum atomic E-state index is -0.617. The number of aryl methyl sites for hydroxylation is 1. The fourth-order valence-electron chi connectivity index (χ4n) is 4.40. The van der Waals surface area contributed by atoms with Crippen molar-refractivity contribution >= 4 is 28.6 Å². The van der Waals surface area contributed by atoms with E-state index in [1.807, 2.05) is 35.9 Å². The Morgan fingerprint density at radius 1 is 1.12 bits per heavy atom. The van der Waals surface area contributed by atoms with E-state index in [1.165, 1.54) is 18.3 Å². The number of hydrogen-bond donors (Lipinski definition) is 2. The molecule has 168 valence electrons. The van der Waals surface area contributed by atoms with Gasteiger partial charge < -0.3 is 20.4 Å². The minimum absolute atomic E-state index is 0.133. The van der Waals surface area contributed by atoms with Gasteiger partial charge in [0.1, 0.15) is 23.0 Å². The lowest BCUT2D eigenvalue weighted by Gasteiger charge is -2.13. The molecule has 4 aromatic rings. The maximum atomic E-state index is 14.4. The number of ether oxygens (including phenoxy) is 1. The van der Waals surface area contributed by atoms with Crippen molar-refractivity contribution < 1.29 is 13.9 Å². The maximum Gasteiger partial charge on any atom is 0.267 e. The van der Waals surface area contributed by atoms with Gasteiger partial charge in [0, 0.05) is 31.1 Å². The summed E-state index contributed by atoms with van der Waals surface area (Å²) in [5.41, 5.74) is 8.66. The highest BCUT2D eigenvalue weighted by Crippen LogP contribution is 2.37. The predicted molar refractivity (Wildman–Crippen MR) is 124 cm³/mol. The Balaban J connectivity index is 1.40. The number of rotatable bonds is 6. The molecule has 5 rings (SSSR count). The Labute approximate surface area is 190 Å². The summed E-state index contributed by atoms with van der Waals surface area (Å²) in [5, 5.41) is 3.33. The molecule has 0 bridgehead atoms. The third kappa shape index (κ3) is 4.24. The minimum Gasteiger partial charge on any atom is -0.457 e. The summed E-state index contributed by atoms with van der Waals surface area (Å²) < 4.78 is 22.2. The molecular weight excluding hydrogens is 421 g/mol. The zero-order valence-corrected chi connectivity index (χ0v) is 18.2. The Morgan fingerprint density at radius 2 is 1.91 bits per heavy atom. The summed E-state index contributed by atoms with van der Waals surface area (Å²) in [6.45, 7) is 0. The quantitative estimate of drug-likeness (QED) is 0.414. The molecule has 0 saturated heterocycles. The van der Waals surface area contributed by atoms with Crippen molar-refractivity contribution in [3.05, 3.63) is 71.8 Å². The molecule has 3 N–H and O–H groups in total. The number of carbonyl (C=O) groups excluding carboxylic acids is 1. The van der Waals surface area contributed by atoms with Crippen LogP contribution in [0.4, 0.5) is 16.0 Å². The topological polar surface area (TPSA) is 95.1 Å². The molecule has 2 aromatic carbocycles. The van der Waals surface area contributed by atoms with Crippen molar-refractivity contribution in [1.82, 2.24) is 14.5 Å². The second-order valence-corrected chi connectivity index (χ2v) is 8.33. The van der Waals surface area contributed by atoms with Crippen LogP contribution in [0.15, 0.2) is 54.7 Å². The Morgan fingerprint density at radius 3 is 2.70 bits per heavy atom. The smallest absolute Gasteiger partial charge is 0.267 e. The second-order valence-electron chi connectivity index (χ2n) is 8.33. The van der Waals surface area contributed by atoms with Crippen molar-refractivity contribution in [2.45, 2.75) is 31.6 Å². The largest absolute Gasteiger partial charge is 0.457 e. The number of nitrogens with zero attached hydrogens (tertiary/aromatic N) is 3. The van der Waals surface area contributed by atoms with Crippen molar-refractivity contribution in [3.8, 4) is 11.5 Å². The number of benzene rings is 2. The van der Waals surface area contributed by atoms with Crippen molar-refractivity contribution in [1.29, 1.82) is 0 Å². The molecule has 1 aliphatic carbocycles. The van der Waals surface area contributed by atoms with Gasteiger partial charge in [0.05, 0.1) is 11.0 Å². The van der Waals surface area contributed by atoms with E-state index in [1.54, 1.807) is 12.1 Å². The van der Waals surface area contributed by atoms with Gasteiger partial charge in [-0.2, -0.15) is 0 Å². The molecule has 8 heteroatoms. The van der Waals surface area contributed by atoms with Gasteiger partial charge in [-0.3, -0.25) is 9.78 Å². The number of pyridine rings is 1. The number of fused-ring (bicyclic) bond motifs is 1. The number of halogens is 1. The zero-order chi connectivity index (χ0) is 22.9. The van der Waals surface area contributed by atoms with Gasteiger partial charge in [-0.25, -0.2) is 9.37 Å². The van der Waals surface area contributed by atoms with Crippen molar-refractivity contribution in [2.75, 3.05) is 5.32 Å². The number of nitrogens with one attached hydrogen (secondary N) is 1. The van der Waals surface area contributed by atoms with Crippen LogP contribution in [0.5, 0.6) is 11.5 Å². The molecule has 1 aliphatic rings. The monoisotopic (exact) mass is 445 g/mol. The summed E-state index contributed by atoms with van der Waals surface area (Å²) in [5.74, 6) is 1.20. The van der Waals surface area contributed by atoms with Crippen molar-refractivity contribution in [2.24, 2.45) is 12.8 Å². The highest BCUT2D eigenvalue weighted by Gasteiger charge is 2.21. The van der Waals surface area contributed by atoms with Crippen LogP contribution in [-0.4, -0.2) is 20.4 Å². The molecule has 1 amide bonds.